The normalized spacial score (nSPS) is 11.3. The number of carbonyl (C=O) groups is 3. The van der Waals surface area contributed by atoms with Crippen molar-refractivity contribution >= 4 is 51.7 Å². The van der Waals surface area contributed by atoms with Gasteiger partial charge in [0.25, 0.3) is 0 Å². The van der Waals surface area contributed by atoms with Crippen LogP contribution in [-0.2, 0) is 14.4 Å². The van der Waals surface area contributed by atoms with E-state index in [2.05, 4.69) is 10.6 Å². The van der Waals surface area contributed by atoms with Crippen molar-refractivity contribution in [1.82, 2.24) is 10.6 Å². The van der Waals surface area contributed by atoms with Gasteiger partial charge in [0, 0.05) is 17.3 Å². The van der Waals surface area contributed by atoms with Crippen molar-refractivity contribution in [2.24, 2.45) is 0 Å². The summed E-state index contributed by atoms with van der Waals surface area (Å²) in [4.78, 5) is 35.6. The van der Waals surface area contributed by atoms with E-state index in [0.717, 1.165) is 45.0 Å². The molecule has 0 aromatic heterocycles. The molecule has 7 heteroatoms. The Balaban J connectivity index is 1.42. The lowest BCUT2D eigenvalue weighted by molar-refractivity contribution is -0.121. The van der Waals surface area contributed by atoms with Crippen molar-refractivity contribution in [3.8, 4) is 11.5 Å². The van der Waals surface area contributed by atoms with E-state index in [1.807, 2.05) is 79.8 Å². The van der Waals surface area contributed by atoms with Crippen LogP contribution in [0.5, 0.6) is 11.5 Å². The van der Waals surface area contributed by atoms with Gasteiger partial charge < -0.3 is 20.1 Å². The van der Waals surface area contributed by atoms with E-state index in [1.165, 1.54) is 12.2 Å². The number of rotatable bonds is 15. The molecule has 4 aromatic rings. The zero-order valence-corrected chi connectivity index (χ0v) is 22.4. The van der Waals surface area contributed by atoms with Crippen LogP contribution in [0.15, 0.2) is 84.9 Å². The van der Waals surface area contributed by atoms with E-state index >= 15 is 0 Å². The molecular weight excluding hydrogens is 504 g/mol. The van der Waals surface area contributed by atoms with Crippen molar-refractivity contribution in [2.75, 3.05) is 33.4 Å². The molecule has 4 aromatic carbocycles. The van der Waals surface area contributed by atoms with Gasteiger partial charge in [0.15, 0.2) is 11.6 Å². The number of carbonyl (C=O) groups excluding carboxylic acids is 3. The molecule has 0 fully saturated rings. The number of fused-ring (bicyclic) bond motifs is 2. The summed E-state index contributed by atoms with van der Waals surface area (Å²) < 4.78 is 11.7. The number of ketones is 2. The Morgan fingerprint density at radius 2 is 1.15 bits per heavy atom. The highest BCUT2D eigenvalue weighted by Gasteiger charge is 2.09. The summed E-state index contributed by atoms with van der Waals surface area (Å²) in [6, 6.07) is 23.1. The number of amides is 1. The molecule has 0 aliphatic carbocycles. The molecule has 0 unspecified atom stereocenters. The monoisotopic (exact) mass is 536 g/mol. The van der Waals surface area contributed by atoms with Crippen LogP contribution >= 0.6 is 0 Å². The summed E-state index contributed by atoms with van der Waals surface area (Å²) in [6.07, 6.45) is 6.77. The number of benzene rings is 4. The smallest absolute Gasteiger partial charge is 0.207 e. The fraction of sp³-hybridized carbons (Fsp3) is 0.182. The second-order valence-electron chi connectivity index (χ2n) is 9.05. The van der Waals surface area contributed by atoms with Gasteiger partial charge in [-0.05, 0) is 53.2 Å². The maximum atomic E-state index is 12.6. The van der Waals surface area contributed by atoms with Crippen LogP contribution < -0.4 is 20.1 Å². The van der Waals surface area contributed by atoms with Crippen molar-refractivity contribution in [3.63, 3.8) is 0 Å². The average Bonchev–Trinajstić information content (AvgIpc) is 2.98. The quantitative estimate of drug-likeness (QED) is 0.0965. The molecule has 2 N–H and O–H groups in total. The topological polar surface area (TPSA) is 93.7 Å². The molecule has 0 saturated carbocycles. The predicted molar refractivity (Wildman–Crippen MR) is 160 cm³/mol. The van der Waals surface area contributed by atoms with Crippen molar-refractivity contribution in [2.45, 2.75) is 6.42 Å². The third-order valence-corrected chi connectivity index (χ3v) is 6.28. The molecule has 0 aliphatic rings. The second-order valence-corrected chi connectivity index (χ2v) is 9.05. The number of allylic oxidation sites excluding steroid dienone is 2. The maximum absolute atomic E-state index is 12.6. The number of nitrogens with one attached hydrogen (secondary N) is 2. The molecular formula is C33H32N2O5. The minimum atomic E-state index is -0.280. The molecule has 4 rings (SSSR count). The van der Waals surface area contributed by atoms with Crippen LogP contribution in [0.1, 0.15) is 17.5 Å². The molecule has 1 amide bonds. The fourth-order valence-corrected chi connectivity index (χ4v) is 4.33. The zero-order valence-electron chi connectivity index (χ0n) is 22.4. The summed E-state index contributed by atoms with van der Waals surface area (Å²) in [5, 5.41) is 9.39. The van der Waals surface area contributed by atoms with E-state index in [0.29, 0.717) is 31.9 Å². The Morgan fingerprint density at radius 1 is 0.675 bits per heavy atom. The van der Waals surface area contributed by atoms with Crippen LogP contribution in [0.2, 0.25) is 0 Å². The lowest BCUT2D eigenvalue weighted by Gasteiger charge is -2.11. The highest BCUT2D eigenvalue weighted by atomic mass is 16.5. The lowest BCUT2D eigenvalue weighted by Crippen LogP contribution is -2.19. The Bertz CT molecular complexity index is 1560. The van der Waals surface area contributed by atoms with Crippen molar-refractivity contribution in [3.05, 3.63) is 96.1 Å². The molecule has 0 saturated heterocycles. The second kappa shape index (κ2) is 14.4. The Labute approximate surface area is 233 Å². The first kappa shape index (κ1) is 28.3. The molecule has 204 valence electrons. The van der Waals surface area contributed by atoms with E-state index in [4.69, 9.17) is 9.47 Å². The van der Waals surface area contributed by atoms with Gasteiger partial charge >= 0.3 is 0 Å². The minimum Gasteiger partial charge on any atom is -0.492 e. The highest BCUT2D eigenvalue weighted by Crippen LogP contribution is 2.30. The average molecular weight is 537 g/mol. The summed E-state index contributed by atoms with van der Waals surface area (Å²) in [5.41, 5.74) is 1.72. The molecule has 0 atom stereocenters. The lowest BCUT2D eigenvalue weighted by atomic mass is 10.0. The first-order chi connectivity index (χ1) is 19.6. The third kappa shape index (κ3) is 7.42. The molecule has 0 aliphatic heterocycles. The fourth-order valence-electron chi connectivity index (χ4n) is 4.33. The number of ether oxygens (including phenoxy) is 2. The van der Waals surface area contributed by atoms with Crippen LogP contribution in [0.25, 0.3) is 33.7 Å². The highest BCUT2D eigenvalue weighted by molar-refractivity contribution is 6.12. The number of likely N-dealkylation sites (N-methyl/N-ethyl adjacent to an activating group) is 1. The van der Waals surface area contributed by atoms with E-state index in [9.17, 15) is 14.4 Å². The van der Waals surface area contributed by atoms with Gasteiger partial charge in [-0.15, -0.1) is 0 Å². The van der Waals surface area contributed by atoms with E-state index in [-0.39, 0.29) is 18.0 Å². The van der Waals surface area contributed by atoms with Gasteiger partial charge in [0.05, 0.1) is 13.0 Å². The number of hydrogen-bond donors (Lipinski definition) is 2. The first-order valence-electron chi connectivity index (χ1n) is 13.1. The molecule has 0 spiro atoms. The first-order valence-corrected chi connectivity index (χ1v) is 13.1. The summed E-state index contributed by atoms with van der Waals surface area (Å²) >= 11 is 0. The zero-order chi connectivity index (χ0) is 28.2. The van der Waals surface area contributed by atoms with Crippen LogP contribution in [-0.4, -0.2) is 51.3 Å². The summed E-state index contributed by atoms with van der Waals surface area (Å²) in [5.74, 6) is 0.927. The third-order valence-electron chi connectivity index (χ3n) is 6.28. The van der Waals surface area contributed by atoms with Gasteiger partial charge in [-0.3, -0.25) is 14.4 Å². The standard InChI is InChI=1S/C33H32N2O5/c1-34-18-20-39-32-16-12-24(28-6-2-4-8-30(28)32)10-14-26(37)22-27(38)15-11-25-13-17-33(40-21-19-35-23-36)31-9-5-3-7-29(25)31/h2-17,23,34H,18-22H2,1H3,(H,35,36)/b14-10+,15-11+. The van der Waals surface area contributed by atoms with Gasteiger partial charge in [-0.25, -0.2) is 0 Å². The Kier molecular flexibility index (Phi) is 10.2. The van der Waals surface area contributed by atoms with Gasteiger partial charge in [0.1, 0.15) is 24.7 Å². The maximum Gasteiger partial charge on any atom is 0.207 e. The van der Waals surface area contributed by atoms with Crippen molar-refractivity contribution in [1.29, 1.82) is 0 Å². The van der Waals surface area contributed by atoms with Gasteiger partial charge in [0.2, 0.25) is 6.41 Å². The van der Waals surface area contributed by atoms with Crippen molar-refractivity contribution < 1.29 is 23.9 Å². The van der Waals surface area contributed by atoms with Crippen LogP contribution in [0.3, 0.4) is 0 Å². The number of hydrogen-bond acceptors (Lipinski definition) is 6. The van der Waals surface area contributed by atoms with E-state index in [1.54, 1.807) is 12.2 Å². The Morgan fingerprint density at radius 3 is 1.62 bits per heavy atom. The van der Waals surface area contributed by atoms with Crippen LogP contribution in [0.4, 0.5) is 0 Å². The van der Waals surface area contributed by atoms with Crippen LogP contribution in [0, 0.1) is 0 Å². The summed E-state index contributed by atoms with van der Waals surface area (Å²) in [6.45, 7) is 2.04. The molecule has 40 heavy (non-hydrogen) atoms. The molecule has 0 heterocycles. The van der Waals surface area contributed by atoms with Gasteiger partial charge in [-0.2, -0.15) is 0 Å². The molecule has 0 radical (unpaired) electrons. The van der Waals surface area contributed by atoms with Gasteiger partial charge in [-0.1, -0.05) is 72.8 Å². The van der Waals surface area contributed by atoms with E-state index < -0.39 is 0 Å². The molecule has 0 bridgehead atoms. The SMILES string of the molecule is CNCCOc1ccc(/C=C/C(=O)CC(=O)/C=C/c2ccc(OCCNC=O)c3ccccc23)c2ccccc12. The predicted octanol–water partition coefficient (Wildman–Crippen LogP) is 4.97. The molecule has 7 nitrogen and oxygen atoms in total. The minimum absolute atomic E-state index is 0.223. The largest absolute Gasteiger partial charge is 0.492 e. The summed E-state index contributed by atoms with van der Waals surface area (Å²) in [7, 11) is 1.88. The Hall–Kier alpha value is -4.75.